The molecule has 0 saturated carbocycles. The van der Waals surface area contributed by atoms with Crippen LogP contribution in [0.3, 0.4) is 0 Å². The Morgan fingerprint density at radius 3 is 2.59 bits per heavy atom. The molecule has 1 saturated heterocycles. The highest BCUT2D eigenvalue weighted by atomic mass is 35.5. The first-order valence-electron chi connectivity index (χ1n) is 9.11. The van der Waals surface area contributed by atoms with Gasteiger partial charge in [-0.1, -0.05) is 30.3 Å². The molecule has 1 heterocycles. The van der Waals surface area contributed by atoms with Gasteiger partial charge in [0, 0.05) is 42.5 Å². The van der Waals surface area contributed by atoms with Crippen molar-refractivity contribution in [2.75, 3.05) is 37.7 Å². The minimum absolute atomic E-state index is 0.0400. The van der Waals surface area contributed by atoms with Crippen molar-refractivity contribution in [2.45, 2.75) is 13.8 Å². The Hall–Kier alpha value is -2.46. The summed E-state index contributed by atoms with van der Waals surface area (Å²) in [7, 11) is 0. The molecular weight excluding hydrogens is 360 g/mol. The van der Waals surface area contributed by atoms with Crippen LogP contribution in [0.5, 0.6) is 5.75 Å². The molecule has 0 radical (unpaired) electrons. The van der Waals surface area contributed by atoms with Crippen LogP contribution in [0.15, 0.2) is 54.6 Å². The average Bonchev–Trinajstić information content (AvgIpc) is 2.68. The van der Waals surface area contributed by atoms with Crippen LogP contribution < -0.4 is 9.64 Å². The fraction of sp³-hybridized carbons (Fsp3) is 0.318. The summed E-state index contributed by atoms with van der Waals surface area (Å²) in [6.45, 7) is 11.2. The fourth-order valence-corrected chi connectivity index (χ4v) is 3.35. The lowest BCUT2D eigenvalue weighted by atomic mass is 10.1. The zero-order valence-corrected chi connectivity index (χ0v) is 16.6. The van der Waals surface area contributed by atoms with Crippen molar-refractivity contribution < 1.29 is 9.53 Å². The second kappa shape index (κ2) is 8.49. The van der Waals surface area contributed by atoms with Crippen LogP contribution in [-0.4, -0.2) is 43.6 Å². The van der Waals surface area contributed by atoms with Crippen molar-refractivity contribution in [1.29, 1.82) is 0 Å². The molecule has 1 fully saturated rings. The Morgan fingerprint density at radius 1 is 1.15 bits per heavy atom. The smallest absolute Gasteiger partial charge is 0.254 e. The van der Waals surface area contributed by atoms with E-state index in [0.717, 1.165) is 29.4 Å². The standard InChI is InChI=1S/C22H25ClN2O2/c1-16(2)15-27-20-6-4-5-18(13-20)22(26)25-11-9-24(10-12-25)21-14-19(23)8-7-17(21)3/h4-8,13-14H,1,9-12,15H2,2-3H3. The maximum atomic E-state index is 12.9. The predicted molar refractivity (Wildman–Crippen MR) is 111 cm³/mol. The van der Waals surface area contributed by atoms with Gasteiger partial charge in [0.05, 0.1) is 0 Å². The number of carbonyl (C=O) groups is 1. The summed E-state index contributed by atoms with van der Waals surface area (Å²) in [5.41, 5.74) is 3.94. The first-order chi connectivity index (χ1) is 12.9. The minimum Gasteiger partial charge on any atom is -0.489 e. The third-order valence-corrected chi connectivity index (χ3v) is 4.88. The number of rotatable bonds is 5. The van der Waals surface area contributed by atoms with Crippen LogP contribution in [0, 0.1) is 6.92 Å². The van der Waals surface area contributed by atoms with Gasteiger partial charge in [-0.2, -0.15) is 0 Å². The number of anilines is 1. The number of halogens is 1. The second-order valence-corrected chi connectivity index (χ2v) is 7.42. The number of benzene rings is 2. The molecule has 0 aliphatic carbocycles. The maximum Gasteiger partial charge on any atom is 0.254 e. The summed E-state index contributed by atoms with van der Waals surface area (Å²) < 4.78 is 5.65. The summed E-state index contributed by atoms with van der Waals surface area (Å²) in [4.78, 5) is 17.1. The van der Waals surface area contributed by atoms with E-state index in [1.54, 1.807) is 6.07 Å². The summed E-state index contributed by atoms with van der Waals surface area (Å²) in [6.07, 6.45) is 0. The molecule has 4 nitrogen and oxygen atoms in total. The monoisotopic (exact) mass is 384 g/mol. The minimum atomic E-state index is 0.0400. The van der Waals surface area contributed by atoms with Crippen molar-refractivity contribution in [3.05, 3.63) is 70.8 Å². The molecule has 0 aromatic heterocycles. The molecule has 0 atom stereocenters. The lowest BCUT2D eigenvalue weighted by molar-refractivity contribution is 0.0746. The van der Waals surface area contributed by atoms with Gasteiger partial charge in [0.2, 0.25) is 0 Å². The zero-order valence-electron chi connectivity index (χ0n) is 15.9. The van der Waals surface area contributed by atoms with Crippen LogP contribution in [0.2, 0.25) is 5.02 Å². The number of amides is 1. The summed E-state index contributed by atoms with van der Waals surface area (Å²) in [6, 6.07) is 13.3. The summed E-state index contributed by atoms with van der Waals surface area (Å²) in [5, 5.41) is 0.737. The van der Waals surface area contributed by atoms with Crippen LogP contribution in [0.4, 0.5) is 5.69 Å². The van der Waals surface area contributed by atoms with E-state index in [-0.39, 0.29) is 5.91 Å². The van der Waals surface area contributed by atoms with Gasteiger partial charge < -0.3 is 14.5 Å². The number of carbonyl (C=O) groups excluding carboxylic acids is 1. The molecule has 1 aliphatic rings. The fourth-order valence-electron chi connectivity index (χ4n) is 3.18. The Balaban J connectivity index is 1.64. The number of ether oxygens (including phenoxy) is 1. The zero-order chi connectivity index (χ0) is 19.4. The molecule has 0 N–H and O–H groups in total. The van der Waals surface area contributed by atoms with E-state index in [9.17, 15) is 4.79 Å². The SMILES string of the molecule is C=C(C)COc1cccc(C(=O)N2CCN(c3cc(Cl)ccc3C)CC2)c1. The van der Waals surface area contributed by atoms with Gasteiger partial charge >= 0.3 is 0 Å². The van der Waals surface area contributed by atoms with Crippen molar-refractivity contribution >= 4 is 23.2 Å². The van der Waals surface area contributed by atoms with Gasteiger partial charge in [-0.25, -0.2) is 0 Å². The molecule has 27 heavy (non-hydrogen) atoms. The molecule has 0 bridgehead atoms. The van der Waals surface area contributed by atoms with Crippen molar-refractivity contribution in [2.24, 2.45) is 0 Å². The third kappa shape index (κ3) is 4.83. The van der Waals surface area contributed by atoms with Crippen molar-refractivity contribution in [3.8, 4) is 5.75 Å². The topological polar surface area (TPSA) is 32.8 Å². The van der Waals surface area contributed by atoms with Gasteiger partial charge in [0.15, 0.2) is 0 Å². The van der Waals surface area contributed by atoms with E-state index >= 15 is 0 Å². The molecule has 3 rings (SSSR count). The summed E-state index contributed by atoms with van der Waals surface area (Å²) in [5.74, 6) is 0.732. The van der Waals surface area contributed by atoms with Crippen LogP contribution in [-0.2, 0) is 0 Å². The average molecular weight is 385 g/mol. The molecule has 0 unspecified atom stereocenters. The first-order valence-corrected chi connectivity index (χ1v) is 9.49. The molecule has 2 aromatic carbocycles. The summed E-state index contributed by atoms with van der Waals surface area (Å²) >= 11 is 6.15. The Kier molecular flexibility index (Phi) is 6.07. The van der Waals surface area contributed by atoms with Crippen LogP contribution >= 0.6 is 11.6 Å². The molecule has 1 amide bonds. The van der Waals surface area contributed by atoms with E-state index < -0.39 is 0 Å². The van der Waals surface area contributed by atoms with Crippen molar-refractivity contribution in [3.63, 3.8) is 0 Å². The van der Waals surface area contributed by atoms with E-state index in [1.807, 2.05) is 48.2 Å². The first kappa shape index (κ1) is 19.3. The number of nitrogens with zero attached hydrogens (tertiary/aromatic N) is 2. The number of hydrogen-bond acceptors (Lipinski definition) is 3. The highest BCUT2D eigenvalue weighted by Gasteiger charge is 2.23. The van der Waals surface area contributed by atoms with Crippen LogP contribution in [0.25, 0.3) is 0 Å². The number of aryl methyl sites for hydroxylation is 1. The van der Waals surface area contributed by atoms with E-state index in [2.05, 4.69) is 18.4 Å². The largest absolute Gasteiger partial charge is 0.489 e. The Labute approximate surface area is 166 Å². The number of piperazine rings is 1. The lowest BCUT2D eigenvalue weighted by Gasteiger charge is -2.37. The highest BCUT2D eigenvalue weighted by Crippen LogP contribution is 2.26. The van der Waals surface area contributed by atoms with Gasteiger partial charge in [-0.05, 0) is 55.3 Å². The quantitative estimate of drug-likeness (QED) is 0.708. The van der Waals surface area contributed by atoms with E-state index in [4.69, 9.17) is 16.3 Å². The van der Waals surface area contributed by atoms with Gasteiger partial charge in [-0.15, -0.1) is 0 Å². The predicted octanol–water partition coefficient (Wildman–Crippen LogP) is 4.57. The van der Waals surface area contributed by atoms with Gasteiger partial charge in [0.1, 0.15) is 12.4 Å². The van der Waals surface area contributed by atoms with Crippen LogP contribution in [0.1, 0.15) is 22.8 Å². The lowest BCUT2D eigenvalue weighted by Crippen LogP contribution is -2.49. The number of hydrogen-bond donors (Lipinski definition) is 0. The van der Waals surface area contributed by atoms with E-state index in [0.29, 0.717) is 31.0 Å². The second-order valence-electron chi connectivity index (χ2n) is 6.98. The van der Waals surface area contributed by atoms with Gasteiger partial charge in [0.25, 0.3) is 5.91 Å². The molecule has 5 heteroatoms. The molecule has 0 spiro atoms. The maximum absolute atomic E-state index is 12.9. The Bertz CT molecular complexity index is 842. The molecule has 2 aromatic rings. The van der Waals surface area contributed by atoms with E-state index in [1.165, 1.54) is 5.56 Å². The third-order valence-electron chi connectivity index (χ3n) is 4.64. The Morgan fingerprint density at radius 2 is 1.89 bits per heavy atom. The molecule has 142 valence electrons. The van der Waals surface area contributed by atoms with Gasteiger partial charge in [-0.3, -0.25) is 4.79 Å². The van der Waals surface area contributed by atoms with Crippen molar-refractivity contribution in [1.82, 2.24) is 4.90 Å². The highest BCUT2D eigenvalue weighted by molar-refractivity contribution is 6.30. The normalized spacial score (nSPS) is 14.2. The molecular formula is C22H25ClN2O2. The molecule has 1 aliphatic heterocycles.